The monoisotopic (exact) mass is 418 g/mol. The van der Waals surface area contributed by atoms with Gasteiger partial charge in [0.1, 0.15) is 18.1 Å². The van der Waals surface area contributed by atoms with Gasteiger partial charge in [0.25, 0.3) is 0 Å². The molecule has 0 atom stereocenters. The molecule has 0 aliphatic heterocycles. The van der Waals surface area contributed by atoms with Crippen molar-refractivity contribution < 1.29 is 23.8 Å². The van der Waals surface area contributed by atoms with Crippen molar-refractivity contribution in [2.45, 2.75) is 6.61 Å². The lowest BCUT2D eigenvalue weighted by molar-refractivity contribution is 0.104. The second-order valence-electron chi connectivity index (χ2n) is 5.73. The van der Waals surface area contributed by atoms with Crippen molar-refractivity contribution in [2.24, 2.45) is 0 Å². The Bertz CT molecular complexity index is 1000. The van der Waals surface area contributed by atoms with E-state index in [1.165, 1.54) is 31.4 Å². The minimum atomic E-state index is -0.254. The van der Waals surface area contributed by atoms with Gasteiger partial charge in [0.15, 0.2) is 23.0 Å². The summed E-state index contributed by atoms with van der Waals surface area (Å²) in [6.45, 7) is 0.139. The van der Waals surface area contributed by atoms with Crippen LogP contribution in [0.1, 0.15) is 21.9 Å². The number of carbonyl (C=O) groups is 1. The average molecular weight is 419 g/mol. The number of hydrogen-bond acceptors (Lipinski definition) is 5. The number of ether oxygens (including phenoxy) is 2. The van der Waals surface area contributed by atoms with Crippen LogP contribution in [0.4, 0.5) is 0 Å². The van der Waals surface area contributed by atoms with Gasteiger partial charge < -0.3 is 19.0 Å². The van der Waals surface area contributed by atoms with Gasteiger partial charge in [-0.05, 0) is 54.6 Å². The Balaban J connectivity index is 1.65. The van der Waals surface area contributed by atoms with Crippen LogP contribution in [0, 0.1) is 0 Å². The minimum Gasteiger partial charge on any atom is -0.504 e. The van der Waals surface area contributed by atoms with E-state index in [0.29, 0.717) is 32.9 Å². The number of carbonyl (C=O) groups excluding carboxylic acids is 1. The molecule has 0 saturated heterocycles. The second kappa shape index (κ2) is 8.87. The molecule has 0 unspecified atom stereocenters. The van der Waals surface area contributed by atoms with Crippen molar-refractivity contribution in [3.63, 3.8) is 0 Å². The van der Waals surface area contributed by atoms with Crippen LogP contribution in [0.5, 0.6) is 17.2 Å². The van der Waals surface area contributed by atoms with E-state index in [4.69, 9.17) is 37.1 Å². The maximum atomic E-state index is 12.3. The number of benzene rings is 2. The summed E-state index contributed by atoms with van der Waals surface area (Å²) < 4.78 is 16.2. The third-order valence-electron chi connectivity index (χ3n) is 3.82. The third kappa shape index (κ3) is 4.68. The molecule has 0 aliphatic rings. The fraction of sp³-hybridized carbons (Fsp3) is 0.0952. The van der Waals surface area contributed by atoms with Gasteiger partial charge in [-0.3, -0.25) is 4.79 Å². The molecule has 0 radical (unpaired) electrons. The van der Waals surface area contributed by atoms with E-state index in [1.54, 1.807) is 36.4 Å². The molecule has 5 nitrogen and oxygen atoms in total. The number of allylic oxidation sites excluding steroid dienone is 1. The maximum absolute atomic E-state index is 12.3. The molecule has 7 heteroatoms. The summed E-state index contributed by atoms with van der Waals surface area (Å²) in [6, 6.07) is 12.9. The number of phenols is 1. The molecule has 144 valence electrons. The Morgan fingerprint density at radius 3 is 2.61 bits per heavy atom. The van der Waals surface area contributed by atoms with Gasteiger partial charge >= 0.3 is 0 Å². The van der Waals surface area contributed by atoms with Crippen LogP contribution in [0.3, 0.4) is 0 Å². The van der Waals surface area contributed by atoms with Crippen LogP contribution < -0.4 is 9.47 Å². The Hall–Kier alpha value is -2.89. The molecule has 0 fully saturated rings. The van der Waals surface area contributed by atoms with E-state index in [2.05, 4.69) is 0 Å². The maximum Gasteiger partial charge on any atom is 0.186 e. The summed E-state index contributed by atoms with van der Waals surface area (Å²) in [4.78, 5) is 12.3. The molecular formula is C21H16Cl2O5. The van der Waals surface area contributed by atoms with E-state index < -0.39 is 0 Å². The van der Waals surface area contributed by atoms with Gasteiger partial charge in [0, 0.05) is 5.56 Å². The van der Waals surface area contributed by atoms with Crippen molar-refractivity contribution in [3.05, 3.63) is 81.7 Å². The first-order valence-electron chi connectivity index (χ1n) is 8.23. The van der Waals surface area contributed by atoms with Crippen molar-refractivity contribution in [1.82, 2.24) is 0 Å². The van der Waals surface area contributed by atoms with Crippen molar-refractivity contribution in [3.8, 4) is 17.2 Å². The normalized spacial score (nSPS) is 11.0. The lowest BCUT2D eigenvalue weighted by Crippen LogP contribution is -1.95. The summed E-state index contributed by atoms with van der Waals surface area (Å²) in [5.41, 5.74) is 0.384. The van der Waals surface area contributed by atoms with Crippen LogP contribution in [-0.4, -0.2) is 18.0 Å². The molecule has 0 aliphatic carbocycles. The van der Waals surface area contributed by atoms with Gasteiger partial charge in [0.05, 0.1) is 17.2 Å². The fourth-order valence-electron chi connectivity index (χ4n) is 2.41. The molecule has 0 bridgehead atoms. The highest BCUT2D eigenvalue weighted by Crippen LogP contribution is 2.33. The summed E-state index contributed by atoms with van der Waals surface area (Å²) in [5.74, 6) is 1.37. The molecule has 28 heavy (non-hydrogen) atoms. The van der Waals surface area contributed by atoms with Gasteiger partial charge in [-0.25, -0.2) is 0 Å². The van der Waals surface area contributed by atoms with Crippen molar-refractivity contribution >= 4 is 35.1 Å². The molecule has 3 aromatic rings. The molecule has 1 heterocycles. The van der Waals surface area contributed by atoms with Crippen molar-refractivity contribution in [1.29, 1.82) is 0 Å². The van der Waals surface area contributed by atoms with Crippen LogP contribution in [0.25, 0.3) is 6.08 Å². The summed E-state index contributed by atoms with van der Waals surface area (Å²) >= 11 is 12.1. The number of rotatable bonds is 7. The number of ketones is 1. The van der Waals surface area contributed by atoms with E-state index in [9.17, 15) is 9.90 Å². The highest BCUT2D eigenvalue weighted by molar-refractivity contribution is 6.37. The smallest absolute Gasteiger partial charge is 0.186 e. The standard InChI is InChI=1S/C21H16Cl2O5/c1-26-20-11-13(5-9-19(20)25)18(24)10-8-14-6-7-15(28-14)12-27-21-16(22)3-2-4-17(21)23/h2-11,25H,12H2,1H3/b10-8+. The lowest BCUT2D eigenvalue weighted by atomic mass is 10.1. The lowest BCUT2D eigenvalue weighted by Gasteiger charge is -2.07. The third-order valence-corrected chi connectivity index (χ3v) is 4.42. The second-order valence-corrected chi connectivity index (χ2v) is 6.54. The Morgan fingerprint density at radius 2 is 1.89 bits per heavy atom. The first-order valence-corrected chi connectivity index (χ1v) is 8.98. The average Bonchev–Trinajstić information content (AvgIpc) is 3.14. The Morgan fingerprint density at radius 1 is 1.14 bits per heavy atom. The number of para-hydroxylation sites is 1. The van der Waals surface area contributed by atoms with Crippen LogP contribution in [0.2, 0.25) is 10.0 Å². The summed E-state index contributed by atoms with van der Waals surface area (Å²) in [7, 11) is 1.42. The zero-order valence-electron chi connectivity index (χ0n) is 14.8. The molecule has 0 amide bonds. The molecule has 1 aromatic heterocycles. The number of phenolic OH excluding ortho intramolecular Hbond substituents is 1. The molecule has 2 aromatic carbocycles. The topological polar surface area (TPSA) is 68.9 Å². The number of halogens is 2. The molecule has 3 rings (SSSR count). The van der Waals surface area contributed by atoms with Crippen molar-refractivity contribution in [2.75, 3.05) is 7.11 Å². The molecule has 0 saturated carbocycles. The van der Waals surface area contributed by atoms with E-state index in [0.717, 1.165) is 0 Å². The predicted octanol–water partition coefficient (Wildman–Crippen LogP) is 5.78. The first kappa shape index (κ1) is 19.9. The van der Waals surface area contributed by atoms with Gasteiger partial charge in [-0.2, -0.15) is 0 Å². The minimum absolute atomic E-state index is 0.0303. The highest BCUT2D eigenvalue weighted by atomic mass is 35.5. The Labute approximate surface area is 171 Å². The van der Waals surface area contributed by atoms with E-state index >= 15 is 0 Å². The SMILES string of the molecule is COc1cc(C(=O)/C=C/c2ccc(COc3c(Cl)cccc3Cl)o2)ccc1O. The van der Waals surface area contributed by atoms with E-state index in [1.807, 2.05) is 0 Å². The fourth-order valence-corrected chi connectivity index (χ4v) is 2.92. The first-order chi connectivity index (χ1) is 13.5. The predicted molar refractivity (Wildman–Crippen MR) is 108 cm³/mol. The molecule has 1 N–H and O–H groups in total. The highest BCUT2D eigenvalue weighted by Gasteiger charge is 2.10. The number of methoxy groups -OCH3 is 1. The van der Waals surface area contributed by atoms with Gasteiger partial charge in [0.2, 0.25) is 0 Å². The summed E-state index contributed by atoms with van der Waals surface area (Å²) in [5, 5.41) is 10.4. The van der Waals surface area contributed by atoms with Gasteiger partial charge in [-0.1, -0.05) is 29.3 Å². The molecule has 0 spiro atoms. The number of hydrogen-bond donors (Lipinski definition) is 1. The van der Waals surface area contributed by atoms with E-state index in [-0.39, 0.29) is 23.9 Å². The number of furan rings is 1. The van der Waals surface area contributed by atoms with Crippen LogP contribution in [0.15, 0.2) is 59.0 Å². The largest absolute Gasteiger partial charge is 0.504 e. The van der Waals surface area contributed by atoms with Gasteiger partial charge in [-0.15, -0.1) is 0 Å². The Kier molecular flexibility index (Phi) is 6.29. The zero-order valence-corrected chi connectivity index (χ0v) is 16.3. The quantitative estimate of drug-likeness (QED) is 0.389. The number of aromatic hydroxyl groups is 1. The summed E-state index contributed by atoms with van der Waals surface area (Å²) in [6.07, 6.45) is 2.92. The van der Waals surface area contributed by atoms with Crippen LogP contribution >= 0.6 is 23.2 Å². The zero-order chi connectivity index (χ0) is 20.1. The van der Waals surface area contributed by atoms with Crippen LogP contribution in [-0.2, 0) is 6.61 Å². The molecular weight excluding hydrogens is 403 g/mol.